The third-order valence-corrected chi connectivity index (χ3v) is 6.63. The first-order chi connectivity index (χ1) is 16.5. The van der Waals surface area contributed by atoms with Crippen LogP contribution in [0.1, 0.15) is 37.5 Å². The maximum atomic E-state index is 10.5. The SMILES string of the molecule is CC(C)(C)Oc1ccc(-c2cccc3c2Cc2ccccc2-3)cc1.Cc1ccc(S(=O)(=O)O)cc1. The van der Waals surface area contributed by atoms with Gasteiger partial charge in [0.2, 0.25) is 0 Å². The van der Waals surface area contributed by atoms with Crippen LogP contribution in [0.5, 0.6) is 5.75 Å². The van der Waals surface area contributed by atoms with Gasteiger partial charge in [-0.15, -0.1) is 0 Å². The summed E-state index contributed by atoms with van der Waals surface area (Å²) < 4.78 is 35.5. The second kappa shape index (κ2) is 9.68. The number of benzene rings is 4. The van der Waals surface area contributed by atoms with E-state index in [2.05, 4.69) is 87.5 Å². The van der Waals surface area contributed by atoms with E-state index in [9.17, 15) is 8.42 Å². The molecule has 5 rings (SSSR count). The lowest BCUT2D eigenvalue weighted by molar-refractivity contribution is 0.131. The van der Waals surface area contributed by atoms with Crippen LogP contribution in [0, 0.1) is 6.92 Å². The summed E-state index contributed by atoms with van der Waals surface area (Å²) in [4.78, 5) is -0.0666. The Hall–Kier alpha value is -3.41. The number of ether oxygens (including phenoxy) is 1. The summed E-state index contributed by atoms with van der Waals surface area (Å²) in [5.74, 6) is 0.919. The summed E-state index contributed by atoms with van der Waals surface area (Å²) in [6.07, 6.45) is 1.02. The molecule has 0 aromatic heterocycles. The van der Waals surface area contributed by atoms with Gasteiger partial charge < -0.3 is 4.74 Å². The quantitative estimate of drug-likeness (QED) is 0.271. The molecule has 0 spiro atoms. The highest BCUT2D eigenvalue weighted by Gasteiger charge is 2.21. The molecule has 4 aromatic rings. The zero-order valence-corrected chi connectivity index (χ0v) is 21.3. The molecule has 0 saturated carbocycles. The van der Waals surface area contributed by atoms with E-state index in [0.717, 1.165) is 17.7 Å². The summed E-state index contributed by atoms with van der Waals surface area (Å²) in [6, 6.07) is 29.8. The molecule has 0 heterocycles. The second-order valence-corrected chi connectivity index (χ2v) is 11.1. The summed E-state index contributed by atoms with van der Waals surface area (Å²) in [5.41, 5.74) is 8.97. The van der Waals surface area contributed by atoms with Crippen molar-refractivity contribution in [2.75, 3.05) is 0 Å². The molecule has 1 aliphatic rings. The molecule has 1 N–H and O–H groups in total. The number of hydrogen-bond donors (Lipinski definition) is 1. The van der Waals surface area contributed by atoms with E-state index < -0.39 is 10.1 Å². The van der Waals surface area contributed by atoms with Gasteiger partial charge in [-0.2, -0.15) is 8.42 Å². The molecule has 35 heavy (non-hydrogen) atoms. The highest BCUT2D eigenvalue weighted by atomic mass is 32.2. The summed E-state index contributed by atoms with van der Waals surface area (Å²) in [7, 11) is -4.02. The molecule has 180 valence electrons. The van der Waals surface area contributed by atoms with E-state index in [4.69, 9.17) is 9.29 Å². The van der Waals surface area contributed by atoms with Gasteiger partial charge in [0.05, 0.1) is 4.90 Å². The van der Waals surface area contributed by atoms with E-state index in [0.29, 0.717) is 0 Å². The van der Waals surface area contributed by atoms with Gasteiger partial charge in [-0.3, -0.25) is 4.55 Å². The van der Waals surface area contributed by atoms with E-state index >= 15 is 0 Å². The molecular formula is C30H30O4S. The Balaban J connectivity index is 0.000000221. The minimum atomic E-state index is -4.02. The average Bonchev–Trinajstić information content (AvgIpc) is 3.18. The zero-order valence-electron chi connectivity index (χ0n) is 20.4. The van der Waals surface area contributed by atoms with Crippen LogP contribution < -0.4 is 4.74 Å². The van der Waals surface area contributed by atoms with Crippen LogP contribution >= 0.6 is 0 Å². The predicted molar refractivity (Wildman–Crippen MR) is 141 cm³/mol. The molecule has 4 nitrogen and oxygen atoms in total. The third kappa shape index (κ3) is 5.99. The molecule has 4 aromatic carbocycles. The molecule has 0 radical (unpaired) electrons. The molecule has 5 heteroatoms. The molecule has 0 atom stereocenters. The van der Waals surface area contributed by atoms with E-state index in [-0.39, 0.29) is 10.5 Å². The maximum Gasteiger partial charge on any atom is 0.294 e. The van der Waals surface area contributed by atoms with Crippen molar-refractivity contribution in [3.05, 3.63) is 108 Å². The maximum absolute atomic E-state index is 10.5. The van der Waals surface area contributed by atoms with E-state index in [1.165, 1.54) is 45.5 Å². The van der Waals surface area contributed by atoms with Crippen LogP contribution in [-0.2, 0) is 16.5 Å². The fourth-order valence-corrected chi connectivity index (χ4v) is 4.67. The van der Waals surface area contributed by atoms with Crippen LogP contribution in [0.25, 0.3) is 22.3 Å². The normalized spacial score (nSPS) is 12.3. The largest absolute Gasteiger partial charge is 0.488 e. The smallest absolute Gasteiger partial charge is 0.294 e. The molecular weight excluding hydrogens is 456 g/mol. The Morgan fingerprint density at radius 2 is 1.34 bits per heavy atom. The van der Waals surface area contributed by atoms with Gasteiger partial charge >= 0.3 is 0 Å². The van der Waals surface area contributed by atoms with Crippen molar-refractivity contribution in [2.45, 2.75) is 44.6 Å². The fourth-order valence-electron chi connectivity index (χ4n) is 4.19. The van der Waals surface area contributed by atoms with E-state index in [1.54, 1.807) is 12.1 Å². The minimum Gasteiger partial charge on any atom is -0.488 e. The van der Waals surface area contributed by atoms with Gasteiger partial charge in [-0.1, -0.05) is 72.3 Å². The van der Waals surface area contributed by atoms with Crippen LogP contribution in [0.15, 0.2) is 95.9 Å². The Labute approximate surface area is 208 Å². The first-order valence-corrected chi connectivity index (χ1v) is 13.0. The second-order valence-electron chi connectivity index (χ2n) is 9.69. The third-order valence-electron chi connectivity index (χ3n) is 5.76. The standard InChI is InChI=1S/C23H22O.C7H8O3S/c1-23(2,3)24-18-13-11-16(12-14-18)19-9-6-10-21-20-8-5-4-7-17(20)15-22(19)21;1-6-2-4-7(5-3-6)11(8,9)10/h4-14H,15H2,1-3H3;2-5H,1H3,(H,8,9,10). The van der Waals surface area contributed by atoms with Crippen molar-refractivity contribution in [3.8, 4) is 28.0 Å². The Kier molecular flexibility index (Phi) is 6.84. The minimum absolute atomic E-state index is 0.0666. The molecule has 0 fully saturated rings. The topological polar surface area (TPSA) is 63.6 Å². The van der Waals surface area contributed by atoms with E-state index in [1.807, 2.05) is 6.92 Å². The highest BCUT2D eigenvalue weighted by molar-refractivity contribution is 7.85. The molecule has 0 amide bonds. The van der Waals surface area contributed by atoms with Crippen LogP contribution in [0.3, 0.4) is 0 Å². The Morgan fingerprint density at radius 3 is 1.97 bits per heavy atom. The van der Waals surface area contributed by atoms with Crippen LogP contribution in [0.4, 0.5) is 0 Å². The lowest BCUT2D eigenvalue weighted by Crippen LogP contribution is -2.22. The van der Waals surface area contributed by atoms with Crippen molar-refractivity contribution in [1.82, 2.24) is 0 Å². The highest BCUT2D eigenvalue weighted by Crippen LogP contribution is 2.41. The lowest BCUT2D eigenvalue weighted by atomic mass is 9.96. The molecule has 0 aliphatic heterocycles. The number of rotatable bonds is 3. The monoisotopic (exact) mass is 486 g/mol. The molecule has 0 saturated heterocycles. The first kappa shape index (κ1) is 24.7. The number of hydrogen-bond acceptors (Lipinski definition) is 3. The predicted octanol–water partition coefficient (Wildman–Crippen LogP) is 7.34. The average molecular weight is 487 g/mol. The zero-order chi connectivity index (χ0) is 25.2. The fraction of sp³-hybridized carbons (Fsp3) is 0.200. The number of fused-ring (bicyclic) bond motifs is 3. The van der Waals surface area contributed by atoms with Crippen LogP contribution in [0.2, 0.25) is 0 Å². The summed E-state index contributed by atoms with van der Waals surface area (Å²) >= 11 is 0. The van der Waals surface area contributed by atoms with Crippen molar-refractivity contribution in [3.63, 3.8) is 0 Å². The molecule has 0 bridgehead atoms. The van der Waals surface area contributed by atoms with Crippen molar-refractivity contribution in [1.29, 1.82) is 0 Å². The van der Waals surface area contributed by atoms with Crippen molar-refractivity contribution < 1.29 is 17.7 Å². The summed E-state index contributed by atoms with van der Waals surface area (Å²) in [6.45, 7) is 8.06. The van der Waals surface area contributed by atoms with Crippen molar-refractivity contribution >= 4 is 10.1 Å². The van der Waals surface area contributed by atoms with Crippen LogP contribution in [-0.4, -0.2) is 18.6 Å². The Bertz CT molecular complexity index is 1430. The Morgan fingerprint density at radius 1 is 0.743 bits per heavy atom. The van der Waals surface area contributed by atoms with Gasteiger partial charge in [0.15, 0.2) is 0 Å². The molecule has 0 unspecified atom stereocenters. The summed E-state index contributed by atoms with van der Waals surface area (Å²) in [5, 5.41) is 0. The molecule has 1 aliphatic carbocycles. The van der Waals surface area contributed by atoms with Gasteiger partial charge in [0.1, 0.15) is 11.4 Å². The first-order valence-electron chi connectivity index (χ1n) is 11.5. The number of aryl methyl sites for hydroxylation is 1. The lowest BCUT2D eigenvalue weighted by Gasteiger charge is -2.21. The van der Waals surface area contributed by atoms with Gasteiger partial charge in [0, 0.05) is 0 Å². The van der Waals surface area contributed by atoms with Gasteiger partial charge in [-0.25, -0.2) is 0 Å². The van der Waals surface area contributed by atoms with Gasteiger partial charge in [-0.05, 0) is 91.8 Å². The van der Waals surface area contributed by atoms with Gasteiger partial charge in [0.25, 0.3) is 10.1 Å². The van der Waals surface area contributed by atoms with Crippen molar-refractivity contribution in [2.24, 2.45) is 0 Å².